The Bertz CT molecular complexity index is 1460. The number of para-hydroxylation sites is 1. The maximum Gasteiger partial charge on any atom is 0.254 e. The van der Waals surface area contributed by atoms with Gasteiger partial charge in [-0.05, 0) is 56.1 Å². The molecule has 0 radical (unpaired) electrons. The number of anilines is 1. The van der Waals surface area contributed by atoms with Gasteiger partial charge in [-0.15, -0.1) is 0 Å². The lowest BCUT2D eigenvalue weighted by atomic mass is 10.0. The van der Waals surface area contributed by atoms with Crippen LogP contribution < -0.4 is 14.4 Å². The van der Waals surface area contributed by atoms with Gasteiger partial charge in [0.15, 0.2) is 11.5 Å². The molecule has 8 nitrogen and oxygen atoms in total. The highest BCUT2D eigenvalue weighted by Gasteiger charge is 2.25. The molecule has 2 aromatic heterocycles. The molecule has 1 saturated heterocycles. The van der Waals surface area contributed by atoms with Crippen LogP contribution in [0.25, 0.3) is 22.2 Å². The van der Waals surface area contributed by atoms with E-state index in [1.807, 2.05) is 59.6 Å². The number of pyridine rings is 2. The topological polar surface area (TPSA) is 71.0 Å². The van der Waals surface area contributed by atoms with Crippen molar-refractivity contribution in [3.63, 3.8) is 0 Å². The molecule has 1 fully saturated rings. The molecule has 2 aromatic carbocycles. The Hall–Kier alpha value is -4.17. The number of amides is 1. The normalized spacial score (nSPS) is 15.2. The van der Waals surface area contributed by atoms with Crippen LogP contribution in [-0.4, -0.2) is 79.2 Å². The summed E-state index contributed by atoms with van der Waals surface area (Å²) < 4.78 is 11.4. The van der Waals surface area contributed by atoms with Crippen molar-refractivity contribution in [2.75, 3.05) is 58.4 Å². The lowest BCUT2D eigenvalue weighted by molar-refractivity contribution is 0.0748. The third-order valence-corrected chi connectivity index (χ3v) is 6.98. The Morgan fingerprint density at radius 2 is 1.71 bits per heavy atom. The molecule has 8 heteroatoms. The molecule has 0 unspecified atom stereocenters. The van der Waals surface area contributed by atoms with Crippen LogP contribution >= 0.6 is 0 Å². The largest absolute Gasteiger partial charge is 0.486 e. The molecule has 1 amide bonds. The maximum absolute atomic E-state index is 13.8. The van der Waals surface area contributed by atoms with Crippen LogP contribution in [0, 0.1) is 0 Å². The fourth-order valence-corrected chi connectivity index (χ4v) is 5.07. The van der Waals surface area contributed by atoms with Crippen LogP contribution in [0.2, 0.25) is 0 Å². The molecule has 0 atom stereocenters. The molecule has 4 heterocycles. The van der Waals surface area contributed by atoms with Gasteiger partial charge in [0.05, 0.1) is 16.8 Å². The zero-order valence-corrected chi connectivity index (χ0v) is 21.8. The molecule has 38 heavy (non-hydrogen) atoms. The number of carbonyl (C=O) groups excluding carboxylic acids is 1. The minimum atomic E-state index is 0.0244. The first kappa shape index (κ1) is 24.2. The minimum Gasteiger partial charge on any atom is -0.486 e. The van der Waals surface area contributed by atoms with E-state index in [0.29, 0.717) is 37.6 Å². The molecule has 2 aliphatic heterocycles. The van der Waals surface area contributed by atoms with Gasteiger partial charge in [-0.3, -0.25) is 4.79 Å². The molecule has 6 rings (SSSR count). The Morgan fingerprint density at radius 1 is 0.921 bits per heavy atom. The molecule has 0 aliphatic carbocycles. The van der Waals surface area contributed by atoms with Gasteiger partial charge in [-0.25, -0.2) is 9.97 Å². The summed E-state index contributed by atoms with van der Waals surface area (Å²) in [4.78, 5) is 29.7. The second kappa shape index (κ2) is 10.3. The van der Waals surface area contributed by atoms with Crippen LogP contribution in [0.15, 0.2) is 66.9 Å². The van der Waals surface area contributed by atoms with E-state index in [-0.39, 0.29) is 5.91 Å². The number of nitrogens with zero attached hydrogens (tertiary/aromatic N) is 5. The number of hydrogen-bond donors (Lipinski definition) is 0. The molecule has 0 spiro atoms. The summed E-state index contributed by atoms with van der Waals surface area (Å²) in [5.74, 6) is 2.42. The predicted molar refractivity (Wildman–Crippen MR) is 148 cm³/mol. The number of rotatable bonds is 5. The SMILES string of the molecule is CN(C)Cc1ccc(N2CCN(C(=O)c3cc(-c4ccc5c(c4)OCCO5)nc4ccccc34)CC2)nc1. The van der Waals surface area contributed by atoms with E-state index >= 15 is 0 Å². The summed E-state index contributed by atoms with van der Waals surface area (Å²) in [7, 11) is 4.10. The molecule has 4 aromatic rings. The lowest BCUT2D eigenvalue weighted by Gasteiger charge is -2.35. The number of benzene rings is 2. The highest BCUT2D eigenvalue weighted by molar-refractivity contribution is 6.07. The maximum atomic E-state index is 13.8. The first-order valence-electron chi connectivity index (χ1n) is 13.0. The Morgan fingerprint density at radius 3 is 2.47 bits per heavy atom. The van der Waals surface area contributed by atoms with Gasteiger partial charge in [0.2, 0.25) is 0 Å². The summed E-state index contributed by atoms with van der Waals surface area (Å²) in [6, 6.07) is 19.8. The van der Waals surface area contributed by atoms with Gasteiger partial charge in [0, 0.05) is 49.9 Å². The number of piperazine rings is 1. The number of carbonyl (C=O) groups is 1. The molecular weight excluding hydrogens is 478 g/mol. The minimum absolute atomic E-state index is 0.0244. The third kappa shape index (κ3) is 4.87. The lowest BCUT2D eigenvalue weighted by Crippen LogP contribution is -2.49. The fraction of sp³-hybridized carbons (Fsp3) is 0.300. The highest BCUT2D eigenvalue weighted by atomic mass is 16.6. The molecular formula is C30H31N5O3. The predicted octanol–water partition coefficient (Wildman–Crippen LogP) is 4.09. The Labute approximate surface area is 222 Å². The summed E-state index contributed by atoms with van der Waals surface area (Å²) in [6.45, 7) is 4.68. The zero-order valence-electron chi connectivity index (χ0n) is 21.8. The summed E-state index contributed by atoms with van der Waals surface area (Å²) >= 11 is 0. The van der Waals surface area contributed by atoms with E-state index in [0.717, 1.165) is 53.4 Å². The van der Waals surface area contributed by atoms with Gasteiger partial charge < -0.3 is 24.2 Å². The zero-order chi connectivity index (χ0) is 26.1. The number of fused-ring (bicyclic) bond motifs is 2. The fourth-order valence-electron chi connectivity index (χ4n) is 5.07. The Balaban J connectivity index is 1.23. The highest BCUT2D eigenvalue weighted by Crippen LogP contribution is 2.35. The third-order valence-electron chi connectivity index (χ3n) is 6.98. The van der Waals surface area contributed by atoms with Gasteiger partial charge in [-0.2, -0.15) is 0 Å². The quantitative estimate of drug-likeness (QED) is 0.401. The van der Waals surface area contributed by atoms with E-state index in [1.165, 1.54) is 5.56 Å². The second-order valence-electron chi connectivity index (χ2n) is 9.97. The molecule has 0 bridgehead atoms. The first-order valence-corrected chi connectivity index (χ1v) is 13.0. The van der Waals surface area contributed by atoms with Crippen LogP contribution in [0.5, 0.6) is 11.5 Å². The van der Waals surface area contributed by atoms with Gasteiger partial charge in [0.1, 0.15) is 19.0 Å². The number of aromatic nitrogens is 2. The van der Waals surface area contributed by atoms with Crippen LogP contribution in [0.4, 0.5) is 5.82 Å². The van der Waals surface area contributed by atoms with Crippen LogP contribution in [0.1, 0.15) is 15.9 Å². The van der Waals surface area contributed by atoms with E-state index in [2.05, 4.69) is 41.0 Å². The van der Waals surface area contributed by atoms with Crippen molar-refractivity contribution >= 4 is 22.6 Å². The van der Waals surface area contributed by atoms with Crippen molar-refractivity contribution < 1.29 is 14.3 Å². The molecule has 194 valence electrons. The smallest absolute Gasteiger partial charge is 0.254 e. The molecule has 2 aliphatic rings. The van der Waals surface area contributed by atoms with E-state index in [1.54, 1.807) is 0 Å². The summed E-state index contributed by atoms with van der Waals surface area (Å²) in [5, 5.41) is 0.861. The summed E-state index contributed by atoms with van der Waals surface area (Å²) in [5.41, 5.74) is 4.28. The van der Waals surface area contributed by atoms with Crippen molar-refractivity contribution in [1.29, 1.82) is 0 Å². The second-order valence-corrected chi connectivity index (χ2v) is 9.97. The van der Waals surface area contributed by atoms with Crippen LogP contribution in [0.3, 0.4) is 0 Å². The molecule has 0 saturated carbocycles. The van der Waals surface area contributed by atoms with Crippen molar-refractivity contribution in [2.24, 2.45) is 0 Å². The first-order chi connectivity index (χ1) is 18.5. The average Bonchev–Trinajstić information content (AvgIpc) is 2.96. The van der Waals surface area contributed by atoms with E-state index < -0.39 is 0 Å². The average molecular weight is 510 g/mol. The van der Waals surface area contributed by atoms with Gasteiger partial charge >= 0.3 is 0 Å². The molecule has 0 N–H and O–H groups in total. The van der Waals surface area contributed by atoms with Crippen LogP contribution in [-0.2, 0) is 6.54 Å². The standard InChI is InChI=1S/C30H31N5O3/c1-33(2)20-21-7-10-29(31-19-21)34-11-13-35(14-12-34)30(36)24-18-26(32-25-6-4-3-5-23(24)25)22-8-9-27-28(17-22)38-16-15-37-27/h3-10,17-19H,11-16,20H2,1-2H3. The van der Waals surface area contributed by atoms with Gasteiger partial charge in [0.25, 0.3) is 5.91 Å². The van der Waals surface area contributed by atoms with Crippen molar-refractivity contribution in [1.82, 2.24) is 19.8 Å². The number of ether oxygens (including phenoxy) is 2. The van der Waals surface area contributed by atoms with Gasteiger partial charge in [-0.1, -0.05) is 24.3 Å². The summed E-state index contributed by atoms with van der Waals surface area (Å²) in [6.07, 6.45) is 1.94. The van der Waals surface area contributed by atoms with E-state index in [9.17, 15) is 4.79 Å². The van der Waals surface area contributed by atoms with Crippen molar-refractivity contribution in [3.05, 3.63) is 78.0 Å². The van der Waals surface area contributed by atoms with Crippen molar-refractivity contribution in [2.45, 2.75) is 6.54 Å². The Kier molecular flexibility index (Phi) is 6.55. The number of hydrogen-bond acceptors (Lipinski definition) is 7. The van der Waals surface area contributed by atoms with Crippen molar-refractivity contribution in [3.8, 4) is 22.8 Å². The monoisotopic (exact) mass is 509 g/mol. The van der Waals surface area contributed by atoms with E-state index in [4.69, 9.17) is 14.5 Å².